The highest BCUT2D eigenvalue weighted by atomic mass is 35.5. The molecule has 3 nitrogen and oxygen atoms in total. The first-order valence-corrected chi connectivity index (χ1v) is 6.28. The first kappa shape index (κ1) is 15.2. The Morgan fingerprint density at radius 2 is 2.39 bits per heavy atom. The fourth-order valence-corrected chi connectivity index (χ4v) is 2.04. The maximum atomic E-state index is 13.3. The molecule has 1 rings (SSSR count). The third-order valence-corrected chi connectivity index (χ3v) is 3.26. The monoisotopic (exact) mass is 276 g/mol. The first-order valence-electron chi connectivity index (χ1n) is 5.84. The van der Waals surface area contributed by atoms with Gasteiger partial charge in [-0.1, -0.05) is 19.2 Å². The lowest BCUT2D eigenvalue weighted by molar-refractivity contribution is -0.158. The van der Waals surface area contributed by atoms with Crippen LogP contribution in [0.15, 0.2) is 24.8 Å². The number of esters is 1. The van der Waals surface area contributed by atoms with Crippen LogP contribution in [-0.2, 0) is 14.3 Å². The van der Waals surface area contributed by atoms with Crippen LogP contribution in [0.5, 0.6) is 0 Å². The molecule has 0 amide bonds. The summed E-state index contributed by atoms with van der Waals surface area (Å²) in [5, 5.41) is -0.458. The lowest BCUT2D eigenvalue weighted by atomic mass is 9.91. The summed E-state index contributed by atoms with van der Waals surface area (Å²) in [6.45, 7) is 8.81. The smallest absolute Gasteiger partial charge is 0.335 e. The zero-order valence-electron chi connectivity index (χ0n) is 10.4. The van der Waals surface area contributed by atoms with Gasteiger partial charge >= 0.3 is 5.97 Å². The normalized spacial score (nSPS) is 29.7. The molecule has 0 saturated heterocycles. The van der Waals surface area contributed by atoms with Gasteiger partial charge in [0.1, 0.15) is 12.8 Å². The Labute approximate surface area is 112 Å². The molecule has 1 aliphatic carbocycles. The second-order valence-electron chi connectivity index (χ2n) is 4.32. The van der Waals surface area contributed by atoms with Crippen LogP contribution in [0.1, 0.15) is 19.8 Å². The average molecular weight is 277 g/mol. The Balaban J connectivity index is 2.48. The molecular weight excluding hydrogens is 259 g/mol. The van der Waals surface area contributed by atoms with Crippen LogP contribution in [0.4, 0.5) is 4.39 Å². The van der Waals surface area contributed by atoms with Gasteiger partial charge < -0.3 is 9.47 Å². The van der Waals surface area contributed by atoms with Gasteiger partial charge in [0, 0.05) is 6.42 Å². The third-order valence-electron chi connectivity index (χ3n) is 2.80. The van der Waals surface area contributed by atoms with E-state index in [0.29, 0.717) is 12.0 Å². The molecule has 0 aromatic carbocycles. The van der Waals surface area contributed by atoms with Crippen molar-refractivity contribution >= 4 is 17.6 Å². The molecule has 102 valence electrons. The van der Waals surface area contributed by atoms with E-state index in [1.54, 1.807) is 6.92 Å². The largest absolute Gasteiger partial charge is 0.460 e. The van der Waals surface area contributed by atoms with Crippen LogP contribution in [0.3, 0.4) is 0 Å². The molecule has 0 spiro atoms. The van der Waals surface area contributed by atoms with E-state index in [4.69, 9.17) is 21.1 Å². The molecule has 1 saturated carbocycles. The number of rotatable bonds is 5. The minimum atomic E-state index is -1.09. The zero-order valence-corrected chi connectivity index (χ0v) is 11.2. The maximum absolute atomic E-state index is 13.3. The first-order chi connectivity index (χ1) is 8.45. The molecule has 4 unspecified atom stereocenters. The van der Waals surface area contributed by atoms with Crippen molar-refractivity contribution in [1.82, 2.24) is 0 Å². The summed E-state index contributed by atoms with van der Waals surface area (Å²) in [5.41, 5.74) is 0.462. The molecule has 4 atom stereocenters. The summed E-state index contributed by atoms with van der Waals surface area (Å²) in [6, 6.07) is 0. The van der Waals surface area contributed by atoms with E-state index in [0.717, 1.165) is 0 Å². The molecular formula is C13H18ClFO3. The highest BCUT2D eigenvalue weighted by molar-refractivity contribution is 6.21. The van der Waals surface area contributed by atoms with Crippen molar-refractivity contribution in [3.8, 4) is 0 Å². The molecule has 18 heavy (non-hydrogen) atoms. The number of alkyl halides is 2. The Bertz CT molecular complexity index is 332. The van der Waals surface area contributed by atoms with E-state index in [9.17, 15) is 9.18 Å². The highest BCUT2D eigenvalue weighted by Gasteiger charge is 2.34. The van der Waals surface area contributed by atoms with Crippen LogP contribution in [0.2, 0.25) is 0 Å². The second kappa shape index (κ2) is 6.90. The predicted octanol–water partition coefficient (Wildman–Crippen LogP) is 2.78. The Morgan fingerprint density at radius 1 is 1.72 bits per heavy atom. The molecule has 1 aliphatic rings. The Hall–Kier alpha value is -0.870. The Morgan fingerprint density at radius 3 is 3.00 bits per heavy atom. The second-order valence-corrected chi connectivity index (χ2v) is 4.88. The number of hydrogen-bond donors (Lipinski definition) is 0. The van der Waals surface area contributed by atoms with Gasteiger partial charge in [-0.25, -0.2) is 9.18 Å². The van der Waals surface area contributed by atoms with Crippen molar-refractivity contribution in [2.75, 3.05) is 6.61 Å². The molecule has 0 aromatic heterocycles. The average Bonchev–Trinajstić information content (AvgIpc) is 2.32. The number of halogens is 2. The van der Waals surface area contributed by atoms with Crippen LogP contribution in [0.25, 0.3) is 0 Å². The van der Waals surface area contributed by atoms with Crippen molar-refractivity contribution in [2.45, 2.75) is 43.5 Å². The zero-order chi connectivity index (χ0) is 13.7. The minimum Gasteiger partial charge on any atom is -0.460 e. The van der Waals surface area contributed by atoms with E-state index < -0.39 is 29.7 Å². The molecule has 0 radical (unpaired) electrons. The summed E-state index contributed by atoms with van der Waals surface area (Å²) in [6.07, 6.45) is -0.257. The number of ether oxygens (including phenoxy) is 2. The van der Waals surface area contributed by atoms with Gasteiger partial charge in [0.2, 0.25) is 0 Å². The molecule has 0 heterocycles. The Kier molecular flexibility index (Phi) is 5.82. The SMILES string of the molecule is C=CCOC(=O)C(C)OC1CC(=C)C(F)CC1Cl. The van der Waals surface area contributed by atoms with Crippen molar-refractivity contribution in [1.29, 1.82) is 0 Å². The number of carbonyl (C=O) groups excluding carboxylic acids is 1. The van der Waals surface area contributed by atoms with Crippen LogP contribution in [0, 0.1) is 0 Å². The molecule has 1 fully saturated rings. The van der Waals surface area contributed by atoms with E-state index in [-0.39, 0.29) is 13.0 Å². The van der Waals surface area contributed by atoms with E-state index >= 15 is 0 Å². The summed E-state index contributed by atoms with van der Waals surface area (Å²) in [4.78, 5) is 11.5. The summed E-state index contributed by atoms with van der Waals surface area (Å²) >= 11 is 6.02. The molecule has 0 aromatic rings. The molecule has 0 aliphatic heterocycles. The van der Waals surface area contributed by atoms with Crippen LogP contribution in [-0.4, -0.2) is 36.3 Å². The van der Waals surface area contributed by atoms with Gasteiger partial charge in [0.25, 0.3) is 0 Å². The summed E-state index contributed by atoms with van der Waals surface area (Å²) < 4.78 is 23.7. The maximum Gasteiger partial charge on any atom is 0.335 e. The van der Waals surface area contributed by atoms with E-state index in [1.165, 1.54) is 6.08 Å². The van der Waals surface area contributed by atoms with Gasteiger partial charge in [0.05, 0.1) is 11.5 Å². The fraction of sp³-hybridized carbons (Fsp3) is 0.615. The lowest BCUT2D eigenvalue weighted by Crippen LogP contribution is -2.39. The quantitative estimate of drug-likeness (QED) is 0.440. The van der Waals surface area contributed by atoms with E-state index in [1.807, 2.05) is 0 Å². The summed E-state index contributed by atoms with van der Waals surface area (Å²) in [5.74, 6) is -0.480. The molecule has 0 N–H and O–H groups in total. The lowest BCUT2D eigenvalue weighted by Gasteiger charge is -2.32. The van der Waals surface area contributed by atoms with Gasteiger partial charge in [-0.15, -0.1) is 11.6 Å². The number of hydrogen-bond acceptors (Lipinski definition) is 3. The number of carbonyl (C=O) groups is 1. The standard InChI is InChI=1S/C13H18ClFO3/c1-4-5-17-13(16)9(3)18-12-6-8(2)11(15)7-10(12)14/h4,9-12H,1-2,5-7H2,3H3. The van der Waals surface area contributed by atoms with Crippen molar-refractivity contribution < 1.29 is 18.7 Å². The van der Waals surface area contributed by atoms with Gasteiger partial charge in [0.15, 0.2) is 6.10 Å². The molecule has 0 bridgehead atoms. The van der Waals surface area contributed by atoms with Crippen molar-refractivity contribution in [3.63, 3.8) is 0 Å². The van der Waals surface area contributed by atoms with Gasteiger partial charge in [-0.2, -0.15) is 0 Å². The molecule has 5 heteroatoms. The van der Waals surface area contributed by atoms with Crippen molar-refractivity contribution in [3.05, 3.63) is 24.8 Å². The summed E-state index contributed by atoms with van der Waals surface area (Å²) in [7, 11) is 0. The third kappa shape index (κ3) is 4.10. The predicted molar refractivity (Wildman–Crippen MR) is 68.4 cm³/mol. The van der Waals surface area contributed by atoms with Gasteiger partial charge in [-0.3, -0.25) is 0 Å². The minimum absolute atomic E-state index is 0.140. The topological polar surface area (TPSA) is 35.5 Å². The van der Waals surface area contributed by atoms with Crippen molar-refractivity contribution in [2.24, 2.45) is 0 Å². The van der Waals surface area contributed by atoms with E-state index in [2.05, 4.69) is 13.2 Å². The van der Waals surface area contributed by atoms with Crippen LogP contribution < -0.4 is 0 Å². The van der Waals surface area contributed by atoms with Gasteiger partial charge in [-0.05, 0) is 18.9 Å². The highest BCUT2D eigenvalue weighted by Crippen LogP contribution is 2.31. The fourth-order valence-electron chi connectivity index (χ4n) is 1.74. The van der Waals surface area contributed by atoms with Crippen LogP contribution >= 0.6 is 11.6 Å².